The first-order valence-electron chi connectivity index (χ1n) is 5.68. The molecule has 1 rings (SSSR count). The Bertz CT molecular complexity index is 463. The summed E-state index contributed by atoms with van der Waals surface area (Å²) in [6.07, 6.45) is 1.18. The molecule has 0 aromatic heterocycles. The number of rotatable bonds is 6. The number of benzene rings is 1. The molecule has 0 saturated carbocycles. The fourth-order valence-corrected chi connectivity index (χ4v) is 2.12. The van der Waals surface area contributed by atoms with Gasteiger partial charge in [0.05, 0.1) is 6.26 Å². The molecule has 0 fully saturated rings. The molecular formula is C12H20N2NaO2S. The molecule has 0 amide bonds. The van der Waals surface area contributed by atoms with E-state index in [1.54, 1.807) is 0 Å². The Balaban J connectivity index is 0.00000289. The Hall–Kier alpha value is -0.0700. The third-order valence-corrected chi connectivity index (χ3v) is 3.22. The molecule has 1 aromatic rings. The molecule has 0 saturated heterocycles. The number of hydrogen-bond acceptors (Lipinski definition) is 3. The summed E-state index contributed by atoms with van der Waals surface area (Å²) in [6, 6.07) is 8.20. The molecule has 1 radical (unpaired) electrons. The van der Waals surface area contributed by atoms with Gasteiger partial charge in [-0.2, -0.15) is 0 Å². The van der Waals surface area contributed by atoms with E-state index in [1.807, 2.05) is 25.1 Å². The Morgan fingerprint density at radius 1 is 1.33 bits per heavy atom. The molecule has 18 heavy (non-hydrogen) atoms. The van der Waals surface area contributed by atoms with Gasteiger partial charge in [-0.05, 0) is 31.5 Å². The predicted octanol–water partition coefficient (Wildman–Crippen LogP) is 0.990. The average Bonchev–Trinajstić information content (AvgIpc) is 2.23. The molecule has 0 aliphatic carbocycles. The topological polar surface area (TPSA) is 49.4 Å². The zero-order chi connectivity index (χ0) is 12.9. The first kappa shape index (κ1) is 17.9. The van der Waals surface area contributed by atoms with Gasteiger partial charge in [-0.15, -0.1) is 0 Å². The predicted molar refractivity (Wildman–Crippen MR) is 77.7 cm³/mol. The maximum absolute atomic E-state index is 11.0. The van der Waals surface area contributed by atoms with Crippen LogP contribution in [0.15, 0.2) is 24.3 Å². The number of sulfonamides is 1. The third kappa shape index (κ3) is 6.75. The van der Waals surface area contributed by atoms with Crippen molar-refractivity contribution in [2.75, 3.05) is 30.8 Å². The van der Waals surface area contributed by atoms with Crippen LogP contribution in [0.4, 0.5) is 5.69 Å². The van der Waals surface area contributed by atoms with E-state index in [2.05, 4.69) is 22.6 Å². The van der Waals surface area contributed by atoms with Crippen molar-refractivity contribution in [3.05, 3.63) is 29.8 Å². The number of nitrogens with zero attached hydrogens (tertiary/aromatic N) is 1. The second-order valence-corrected chi connectivity index (χ2v) is 5.92. The normalized spacial score (nSPS) is 10.8. The average molecular weight is 279 g/mol. The molecule has 0 heterocycles. The van der Waals surface area contributed by atoms with Gasteiger partial charge in [0.2, 0.25) is 10.0 Å². The molecule has 4 nitrogen and oxygen atoms in total. The summed E-state index contributed by atoms with van der Waals surface area (Å²) in [4.78, 5) is 2.14. The van der Waals surface area contributed by atoms with Crippen molar-refractivity contribution in [1.29, 1.82) is 0 Å². The largest absolute Gasteiger partial charge is 0.370 e. The fraction of sp³-hybridized carbons (Fsp3) is 0.500. The Kier molecular flexibility index (Phi) is 8.14. The molecule has 1 aromatic carbocycles. The van der Waals surface area contributed by atoms with Gasteiger partial charge in [0.15, 0.2) is 0 Å². The number of nitrogens with one attached hydrogen (secondary N) is 1. The van der Waals surface area contributed by atoms with Crippen LogP contribution in [-0.4, -0.2) is 63.9 Å². The zero-order valence-electron chi connectivity index (χ0n) is 11.6. The number of hydrogen-bond donors (Lipinski definition) is 1. The third-order valence-electron chi connectivity index (χ3n) is 2.49. The van der Waals surface area contributed by atoms with Gasteiger partial charge >= 0.3 is 0 Å². The van der Waals surface area contributed by atoms with Gasteiger partial charge in [0.25, 0.3) is 0 Å². The minimum atomic E-state index is -3.10. The molecule has 0 aliphatic heterocycles. The molecule has 0 bridgehead atoms. The van der Waals surface area contributed by atoms with Crippen LogP contribution >= 0.6 is 0 Å². The summed E-state index contributed by atoms with van der Waals surface area (Å²) in [5.41, 5.74) is 2.33. The first-order valence-corrected chi connectivity index (χ1v) is 7.58. The van der Waals surface area contributed by atoms with Crippen molar-refractivity contribution >= 4 is 45.3 Å². The zero-order valence-corrected chi connectivity index (χ0v) is 14.4. The van der Waals surface area contributed by atoms with Crippen LogP contribution in [0, 0.1) is 6.92 Å². The molecule has 0 spiro atoms. The van der Waals surface area contributed by atoms with E-state index in [1.165, 1.54) is 11.8 Å². The quantitative estimate of drug-likeness (QED) is 0.790. The van der Waals surface area contributed by atoms with Crippen LogP contribution in [0.1, 0.15) is 12.5 Å². The van der Waals surface area contributed by atoms with E-state index in [-0.39, 0.29) is 29.6 Å². The number of likely N-dealkylation sites (N-methyl/N-ethyl adjacent to an activating group) is 1. The monoisotopic (exact) mass is 279 g/mol. The van der Waals surface area contributed by atoms with E-state index < -0.39 is 10.0 Å². The van der Waals surface area contributed by atoms with Gasteiger partial charge in [-0.1, -0.05) is 12.1 Å². The summed E-state index contributed by atoms with van der Waals surface area (Å²) in [7, 11) is -3.10. The fourth-order valence-electron chi connectivity index (χ4n) is 1.66. The van der Waals surface area contributed by atoms with E-state index in [4.69, 9.17) is 0 Å². The van der Waals surface area contributed by atoms with Crippen LogP contribution in [0.3, 0.4) is 0 Å². The molecular weight excluding hydrogens is 259 g/mol. The molecule has 0 atom stereocenters. The maximum atomic E-state index is 11.0. The second-order valence-electron chi connectivity index (χ2n) is 4.09. The standard InChI is InChI=1S/C12H20N2O2S.Na/c1-4-14(9-8-13-17(3,15)16)12-7-5-6-11(2)10-12;/h5-7,10,13H,4,8-9H2,1-3H3;. The minimum Gasteiger partial charge on any atom is -0.370 e. The minimum absolute atomic E-state index is 0. The summed E-state index contributed by atoms with van der Waals surface area (Å²) in [5.74, 6) is 0. The molecule has 0 aliphatic rings. The van der Waals surface area contributed by atoms with Crippen molar-refractivity contribution in [3.8, 4) is 0 Å². The van der Waals surface area contributed by atoms with Gasteiger partial charge in [0, 0.05) is 54.9 Å². The van der Waals surface area contributed by atoms with E-state index >= 15 is 0 Å². The van der Waals surface area contributed by atoms with Gasteiger partial charge in [0.1, 0.15) is 0 Å². The van der Waals surface area contributed by atoms with Crippen LogP contribution in [0.5, 0.6) is 0 Å². The van der Waals surface area contributed by atoms with Crippen molar-refractivity contribution in [2.24, 2.45) is 0 Å². The van der Waals surface area contributed by atoms with Crippen molar-refractivity contribution in [3.63, 3.8) is 0 Å². The summed E-state index contributed by atoms with van der Waals surface area (Å²) < 4.78 is 24.4. The van der Waals surface area contributed by atoms with E-state index in [0.29, 0.717) is 13.1 Å². The number of aryl methyl sites for hydroxylation is 1. The Morgan fingerprint density at radius 3 is 2.50 bits per heavy atom. The number of anilines is 1. The van der Waals surface area contributed by atoms with Crippen molar-refractivity contribution in [2.45, 2.75) is 13.8 Å². The summed E-state index contributed by atoms with van der Waals surface area (Å²) in [5, 5.41) is 0. The second kappa shape index (κ2) is 8.17. The van der Waals surface area contributed by atoms with Crippen LogP contribution in [-0.2, 0) is 10.0 Å². The van der Waals surface area contributed by atoms with Crippen LogP contribution in [0.25, 0.3) is 0 Å². The van der Waals surface area contributed by atoms with E-state index in [0.717, 1.165) is 12.2 Å². The molecule has 6 heteroatoms. The molecule has 0 unspecified atom stereocenters. The van der Waals surface area contributed by atoms with Gasteiger partial charge in [-0.25, -0.2) is 13.1 Å². The summed E-state index contributed by atoms with van der Waals surface area (Å²) in [6.45, 7) is 6.07. The van der Waals surface area contributed by atoms with Gasteiger partial charge < -0.3 is 4.90 Å². The SMILES string of the molecule is CCN(CCNS(C)(=O)=O)c1cccc(C)c1.[Na]. The van der Waals surface area contributed by atoms with Crippen LogP contribution in [0.2, 0.25) is 0 Å². The van der Waals surface area contributed by atoms with E-state index in [9.17, 15) is 8.42 Å². The van der Waals surface area contributed by atoms with Crippen molar-refractivity contribution < 1.29 is 8.42 Å². The van der Waals surface area contributed by atoms with Crippen molar-refractivity contribution in [1.82, 2.24) is 4.72 Å². The first-order chi connectivity index (χ1) is 7.92. The Morgan fingerprint density at radius 2 is 2.00 bits per heavy atom. The smallest absolute Gasteiger partial charge is 0.208 e. The maximum Gasteiger partial charge on any atom is 0.208 e. The van der Waals surface area contributed by atoms with Gasteiger partial charge in [-0.3, -0.25) is 0 Å². The Labute approximate surface area is 132 Å². The summed E-state index contributed by atoms with van der Waals surface area (Å²) >= 11 is 0. The molecule has 97 valence electrons. The van der Waals surface area contributed by atoms with Crippen LogP contribution < -0.4 is 9.62 Å². The molecule has 1 N–H and O–H groups in total.